The molecule has 0 unspecified atom stereocenters. The molecule has 0 fully saturated rings. The first kappa shape index (κ1) is 35.4. The number of rotatable bonds is 5. The van der Waals surface area contributed by atoms with E-state index < -0.39 is 0 Å². The monoisotopic (exact) mass is 825 g/mol. The fraction of sp³-hybridized carbons (Fsp3) is 0.0351. The van der Waals surface area contributed by atoms with Gasteiger partial charge in [-0.3, -0.25) is 0 Å². The van der Waals surface area contributed by atoms with Crippen molar-refractivity contribution in [2.24, 2.45) is 0 Å². The number of thiophene rings is 2. The van der Waals surface area contributed by atoms with Crippen molar-refractivity contribution in [2.75, 3.05) is 0 Å². The molecule has 8 aromatic carbocycles. The Hall–Kier alpha value is -7.31. The predicted molar refractivity (Wildman–Crippen MR) is 265 cm³/mol. The van der Waals surface area contributed by atoms with E-state index in [1.165, 1.54) is 78.8 Å². The minimum Gasteiger partial charge on any atom is -0.247 e. The van der Waals surface area contributed by atoms with E-state index in [0.29, 0.717) is 0 Å². The molecule has 0 amide bonds. The normalized spacial score (nSPS) is 12.8. The van der Waals surface area contributed by atoms with Gasteiger partial charge in [-0.1, -0.05) is 140 Å². The van der Waals surface area contributed by atoms with Gasteiger partial charge in [0.15, 0.2) is 5.82 Å². The van der Waals surface area contributed by atoms with Crippen LogP contribution in [0, 0.1) is 0 Å². The zero-order valence-electron chi connectivity index (χ0n) is 33.5. The number of para-hydroxylation sites is 1. The van der Waals surface area contributed by atoms with Gasteiger partial charge in [0, 0.05) is 73.5 Å². The lowest BCUT2D eigenvalue weighted by Crippen LogP contribution is -2.01. The van der Waals surface area contributed by atoms with E-state index in [1.807, 2.05) is 22.7 Å². The molecule has 1 aliphatic rings. The lowest BCUT2D eigenvalue weighted by molar-refractivity contribution is 1.03. The number of hydrogen-bond acceptors (Lipinski definition) is 5. The number of aromatic nitrogens is 3. The Morgan fingerprint density at radius 1 is 0.403 bits per heavy atom. The van der Waals surface area contributed by atoms with Gasteiger partial charge < -0.3 is 0 Å². The lowest BCUT2D eigenvalue weighted by Gasteiger charge is -2.19. The molecule has 0 saturated heterocycles. The maximum absolute atomic E-state index is 5.48. The summed E-state index contributed by atoms with van der Waals surface area (Å²) in [6.45, 7) is 0. The molecule has 62 heavy (non-hydrogen) atoms. The van der Waals surface area contributed by atoms with Crippen LogP contribution in [0.3, 0.4) is 0 Å². The van der Waals surface area contributed by atoms with Crippen molar-refractivity contribution >= 4 is 97.0 Å². The highest BCUT2D eigenvalue weighted by Gasteiger charge is 2.24. The first-order chi connectivity index (χ1) is 30.7. The summed E-state index contributed by atoms with van der Waals surface area (Å²) in [5.74, 6) is 0.727. The Kier molecular flexibility index (Phi) is 8.08. The minimum atomic E-state index is 0.727. The van der Waals surface area contributed by atoms with Gasteiger partial charge >= 0.3 is 0 Å². The fourth-order valence-electron chi connectivity index (χ4n) is 9.62. The molecule has 4 heterocycles. The molecule has 5 heteroatoms. The average Bonchev–Trinajstić information content (AvgIpc) is 3.91. The van der Waals surface area contributed by atoms with E-state index >= 15 is 0 Å². The van der Waals surface area contributed by atoms with Crippen molar-refractivity contribution in [1.29, 1.82) is 0 Å². The summed E-state index contributed by atoms with van der Waals surface area (Å²) < 4.78 is 3.85. The van der Waals surface area contributed by atoms with Crippen molar-refractivity contribution in [3.05, 3.63) is 198 Å². The topological polar surface area (TPSA) is 38.7 Å². The van der Waals surface area contributed by atoms with Crippen molar-refractivity contribution < 1.29 is 0 Å². The van der Waals surface area contributed by atoms with Crippen LogP contribution in [0.25, 0.3) is 120 Å². The summed E-state index contributed by atoms with van der Waals surface area (Å²) in [6.07, 6.45) is 4.41. The summed E-state index contributed by atoms with van der Waals surface area (Å²) in [7, 11) is 0. The molecule has 1 aliphatic carbocycles. The Morgan fingerprint density at radius 2 is 1.08 bits per heavy atom. The largest absolute Gasteiger partial charge is 0.247 e. The van der Waals surface area contributed by atoms with Gasteiger partial charge in [0.2, 0.25) is 0 Å². The Morgan fingerprint density at radius 3 is 1.92 bits per heavy atom. The standard InChI is InChI=1S/C57H35N3S2/c1-3-13-34(14-4-1)48-33-49(60-57(59-48)39-23-25-41-40-19-10-12-22-50(40)62-53(41)32-39)45-30-37-18-8-7-17-36(37)29-44(45)38-24-27-51-46(31-38)55-52(61-51)28-26-43-54(55)42-20-9-11-21-47(42)58-56(43)35-15-5-2-6-16-35/h1-23,25-26,28-33H,24,27H2. The minimum absolute atomic E-state index is 0.727. The van der Waals surface area contributed by atoms with Gasteiger partial charge in [-0.25, -0.2) is 15.0 Å². The van der Waals surface area contributed by atoms with E-state index in [4.69, 9.17) is 15.0 Å². The van der Waals surface area contributed by atoms with Gasteiger partial charge in [-0.2, -0.15) is 0 Å². The Bertz CT molecular complexity index is 3810. The van der Waals surface area contributed by atoms with Gasteiger partial charge in [-0.15, -0.1) is 22.7 Å². The predicted octanol–water partition coefficient (Wildman–Crippen LogP) is 16.1. The van der Waals surface area contributed by atoms with Crippen LogP contribution in [0.1, 0.15) is 22.4 Å². The van der Waals surface area contributed by atoms with Crippen LogP contribution in [-0.2, 0) is 6.42 Å². The second kappa shape index (κ2) is 14.1. The number of benzene rings is 8. The molecule has 0 saturated carbocycles. The number of pyridine rings is 1. The second-order valence-electron chi connectivity index (χ2n) is 16.2. The molecule has 0 radical (unpaired) electrons. The molecule has 4 aromatic heterocycles. The van der Waals surface area contributed by atoms with E-state index in [0.717, 1.165) is 63.5 Å². The molecule has 0 atom stereocenters. The van der Waals surface area contributed by atoms with Crippen LogP contribution >= 0.6 is 22.7 Å². The fourth-order valence-corrected chi connectivity index (χ4v) is 12.0. The highest BCUT2D eigenvalue weighted by Crippen LogP contribution is 2.48. The SMILES string of the molecule is C1=C(c2cc3ccccc3cc2-c2cc(-c3ccccc3)nc(-c3ccc4c(c3)sc3ccccc34)n2)CCc2sc3ccc4c(-c5ccccc5)nc5ccccc5c4c3c21. The quantitative estimate of drug-likeness (QED) is 0.162. The third-order valence-corrected chi connectivity index (χ3v) is 14.9. The molecule has 0 aliphatic heterocycles. The van der Waals surface area contributed by atoms with Crippen molar-refractivity contribution in [2.45, 2.75) is 12.8 Å². The van der Waals surface area contributed by atoms with E-state index in [1.54, 1.807) is 0 Å². The number of allylic oxidation sites excluding steroid dienone is 1. The summed E-state index contributed by atoms with van der Waals surface area (Å²) in [6, 6.07) is 65.4. The Labute approximate surface area is 366 Å². The highest BCUT2D eigenvalue weighted by molar-refractivity contribution is 7.25. The van der Waals surface area contributed by atoms with Crippen LogP contribution in [-0.4, -0.2) is 15.0 Å². The van der Waals surface area contributed by atoms with E-state index in [9.17, 15) is 0 Å². The molecule has 13 rings (SSSR count). The maximum Gasteiger partial charge on any atom is 0.160 e. The number of fused-ring (bicyclic) bond motifs is 11. The third kappa shape index (κ3) is 5.73. The average molecular weight is 826 g/mol. The molecular weight excluding hydrogens is 791 g/mol. The first-order valence-corrected chi connectivity index (χ1v) is 22.8. The van der Waals surface area contributed by atoms with E-state index in [-0.39, 0.29) is 0 Å². The van der Waals surface area contributed by atoms with Crippen LogP contribution < -0.4 is 0 Å². The van der Waals surface area contributed by atoms with Crippen molar-refractivity contribution in [1.82, 2.24) is 15.0 Å². The molecule has 0 spiro atoms. The molecular formula is C57H35N3S2. The molecule has 12 aromatic rings. The summed E-state index contributed by atoms with van der Waals surface area (Å²) in [5.41, 5.74) is 12.1. The van der Waals surface area contributed by atoms with Gasteiger partial charge in [0.25, 0.3) is 0 Å². The van der Waals surface area contributed by atoms with Crippen molar-refractivity contribution in [3.8, 4) is 45.2 Å². The van der Waals surface area contributed by atoms with Crippen LogP contribution in [0.5, 0.6) is 0 Å². The van der Waals surface area contributed by atoms with Crippen molar-refractivity contribution in [3.63, 3.8) is 0 Å². The molecule has 0 N–H and O–H groups in total. The number of nitrogens with zero attached hydrogens (tertiary/aromatic N) is 3. The summed E-state index contributed by atoms with van der Waals surface area (Å²) in [4.78, 5) is 17.5. The third-order valence-electron chi connectivity index (χ3n) is 12.6. The van der Waals surface area contributed by atoms with Gasteiger partial charge in [0.05, 0.1) is 22.6 Å². The second-order valence-corrected chi connectivity index (χ2v) is 18.4. The zero-order chi connectivity index (χ0) is 40.7. The maximum atomic E-state index is 5.48. The number of aryl methyl sites for hydroxylation is 1. The van der Waals surface area contributed by atoms with Crippen LogP contribution in [0.2, 0.25) is 0 Å². The van der Waals surface area contributed by atoms with Crippen LogP contribution in [0.15, 0.2) is 182 Å². The Balaban J connectivity index is 1.04. The molecule has 3 nitrogen and oxygen atoms in total. The highest BCUT2D eigenvalue weighted by atomic mass is 32.1. The zero-order valence-corrected chi connectivity index (χ0v) is 35.1. The smallest absolute Gasteiger partial charge is 0.160 e. The summed E-state index contributed by atoms with van der Waals surface area (Å²) in [5, 5.41) is 9.95. The van der Waals surface area contributed by atoms with E-state index in [2.05, 4.69) is 188 Å². The van der Waals surface area contributed by atoms with Gasteiger partial charge in [0.1, 0.15) is 0 Å². The number of hydrogen-bond donors (Lipinski definition) is 0. The van der Waals surface area contributed by atoms with Gasteiger partial charge in [-0.05, 0) is 88.9 Å². The first-order valence-electron chi connectivity index (χ1n) is 21.1. The summed E-state index contributed by atoms with van der Waals surface area (Å²) >= 11 is 3.77. The lowest BCUT2D eigenvalue weighted by atomic mass is 9.86. The van der Waals surface area contributed by atoms with Crippen LogP contribution in [0.4, 0.5) is 0 Å². The molecule has 290 valence electrons. The molecule has 0 bridgehead atoms.